The number of halogens is 1. The number of hydrogen-bond donors (Lipinski definition) is 0. The molecule has 8 heteroatoms. The lowest BCUT2D eigenvalue weighted by molar-refractivity contribution is -0.118. The summed E-state index contributed by atoms with van der Waals surface area (Å²) in [6, 6.07) is 9.60. The van der Waals surface area contributed by atoms with E-state index in [1.807, 2.05) is 37.3 Å². The molecule has 1 unspecified atom stereocenters. The fraction of sp³-hybridized carbons (Fsp3) is 0.400. The summed E-state index contributed by atoms with van der Waals surface area (Å²) >= 11 is 8.97. The van der Waals surface area contributed by atoms with Crippen LogP contribution in [0.2, 0.25) is 4.34 Å². The van der Waals surface area contributed by atoms with E-state index in [2.05, 4.69) is 0 Å². The number of thiophene rings is 1. The molecule has 1 aliphatic rings. The summed E-state index contributed by atoms with van der Waals surface area (Å²) in [6.07, 6.45) is 2.35. The van der Waals surface area contributed by atoms with E-state index < -0.39 is 0 Å². The van der Waals surface area contributed by atoms with Crippen molar-refractivity contribution in [2.45, 2.75) is 32.3 Å². The van der Waals surface area contributed by atoms with E-state index in [4.69, 9.17) is 26.1 Å². The number of aromatic nitrogens is 1. The number of carbonyl (C=O) groups is 1. The van der Waals surface area contributed by atoms with Crippen molar-refractivity contribution >= 4 is 55.5 Å². The normalized spacial score (nSPS) is 16.6. The van der Waals surface area contributed by atoms with E-state index in [1.54, 1.807) is 4.90 Å². The molecule has 0 N–H and O–H groups in total. The van der Waals surface area contributed by atoms with Crippen molar-refractivity contribution in [3.05, 3.63) is 39.5 Å². The summed E-state index contributed by atoms with van der Waals surface area (Å²) in [4.78, 5) is 20.6. The van der Waals surface area contributed by atoms with E-state index in [1.165, 1.54) is 22.7 Å². The summed E-state index contributed by atoms with van der Waals surface area (Å²) in [5.74, 6) is 0.753. The number of amides is 1. The predicted octanol–water partition coefficient (Wildman–Crippen LogP) is 5.16. The first-order chi connectivity index (χ1) is 13.6. The zero-order valence-corrected chi connectivity index (χ0v) is 17.9. The fourth-order valence-corrected chi connectivity index (χ4v) is 5.36. The summed E-state index contributed by atoms with van der Waals surface area (Å²) in [6.45, 7) is 3.79. The van der Waals surface area contributed by atoms with Gasteiger partial charge in [0.2, 0.25) is 5.91 Å². The minimum Gasteiger partial charge on any atom is -0.492 e. The van der Waals surface area contributed by atoms with Crippen LogP contribution < -0.4 is 9.64 Å². The Bertz CT molecular complexity index is 965. The maximum absolute atomic E-state index is 13.2. The SMILES string of the molecule is CCOc1cccc2sc(N(CC3CCCO3)C(=O)Cc3ccc(Cl)s3)nc12. The van der Waals surface area contributed by atoms with E-state index in [9.17, 15) is 4.79 Å². The molecule has 1 fully saturated rings. The molecule has 148 valence electrons. The van der Waals surface area contributed by atoms with Crippen LogP contribution in [-0.4, -0.2) is 36.8 Å². The van der Waals surface area contributed by atoms with Crippen molar-refractivity contribution in [1.82, 2.24) is 4.98 Å². The monoisotopic (exact) mass is 436 g/mol. The first-order valence-corrected chi connectivity index (χ1v) is 11.3. The highest BCUT2D eigenvalue weighted by molar-refractivity contribution is 7.22. The van der Waals surface area contributed by atoms with Gasteiger partial charge in [-0.05, 0) is 44.0 Å². The lowest BCUT2D eigenvalue weighted by Crippen LogP contribution is -2.38. The largest absolute Gasteiger partial charge is 0.492 e. The molecule has 3 heterocycles. The Morgan fingerprint density at radius 1 is 1.36 bits per heavy atom. The Kier molecular flexibility index (Phi) is 6.16. The lowest BCUT2D eigenvalue weighted by Gasteiger charge is -2.22. The summed E-state index contributed by atoms with van der Waals surface area (Å²) in [5, 5.41) is 0.685. The van der Waals surface area contributed by atoms with Crippen molar-refractivity contribution in [2.75, 3.05) is 24.7 Å². The van der Waals surface area contributed by atoms with Gasteiger partial charge in [-0.1, -0.05) is 29.0 Å². The van der Waals surface area contributed by atoms with E-state index >= 15 is 0 Å². The Morgan fingerprint density at radius 2 is 2.25 bits per heavy atom. The summed E-state index contributed by atoms with van der Waals surface area (Å²) in [7, 11) is 0. The quantitative estimate of drug-likeness (QED) is 0.513. The topological polar surface area (TPSA) is 51.7 Å². The molecular formula is C20H21ClN2O3S2. The zero-order chi connectivity index (χ0) is 19.5. The van der Waals surface area contributed by atoms with Crippen molar-refractivity contribution in [1.29, 1.82) is 0 Å². The molecule has 1 aliphatic heterocycles. The van der Waals surface area contributed by atoms with Crippen molar-refractivity contribution in [3.8, 4) is 5.75 Å². The van der Waals surface area contributed by atoms with Gasteiger partial charge in [-0.25, -0.2) is 4.98 Å². The van der Waals surface area contributed by atoms with Gasteiger partial charge in [0.25, 0.3) is 0 Å². The molecule has 28 heavy (non-hydrogen) atoms. The van der Waals surface area contributed by atoms with Gasteiger partial charge in [-0.15, -0.1) is 11.3 Å². The molecular weight excluding hydrogens is 416 g/mol. The standard InChI is InChI=1S/C20H21ClN2O3S2/c1-2-25-15-6-3-7-16-19(15)22-20(28-16)23(12-13-5-4-10-26-13)18(24)11-14-8-9-17(21)27-14/h3,6-9,13H,2,4-5,10-12H2,1H3. The third-order valence-electron chi connectivity index (χ3n) is 4.57. The molecule has 4 rings (SSSR count). The molecule has 1 amide bonds. The van der Waals surface area contributed by atoms with Crippen LogP contribution in [0.15, 0.2) is 30.3 Å². The summed E-state index contributed by atoms with van der Waals surface area (Å²) in [5.41, 5.74) is 0.800. The van der Waals surface area contributed by atoms with Crippen molar-refractivity contribution in [2.24, 2.45) is 0 Å². The number of ether oxygens (including phenoxy) is 2. The minimum atomic E-state index is 0.00559. The molecule has 0 aliphatic carbocycles. The maximum Gasteiger partial charge on any atom is 0.234 e. The number of carbonyl (C=O) groups excluding carboxylic acids is 1. The maximum atomic E-state index is 13.2. The lowest BCUT2D eigenvalue weighted by atomic mass is 10.2. The number of rotatable bonds is 7. The fourth-order valence-electron chi connectivity index (χ4n) is 3.27. The number of nitrogens with zero attached hydrogens (tertiary/aromatic N) is 2. The Labute approximate surface area is 176 Å². The van der Waals surface area contributed by atoms with Crippen LogP contribution in [0.5, 0.6) is 5.75 Å². The van der Waals surface area contributed by atoms with Crippen LogP contribution >= 0.6 is 34.3 Å². The molecule has 0 radical (unpaired) electrons. The van der Waals surface area contributed by atoms with Gasteiger partial charge in [0.1, 0.15) is 11.3 Å². The van der Waals surface area contributed by atoms with Crippen molar-refractivity contribution < 1.29 is 14.3 Å². The van der Waals surface area contributed by atoms with Crippen LogP contribution in [0, 0.1) is 0 Å². The molecule has 3 aromatic rings. The average molecular weight is 437 g/mol. The zero-order valence-electron chi connectivity index (χ0n) is 15.5. The first-order valence-electron chi connectivity index (χ1n) is 9.32. The van der Waals surface area contributed by atoms with Crippen LogP contribution in [0.4, 0.5) is 5.13 Å². The van der Waals surface area contributed by atoms with E-state index in [0.29, 0.717) is 29.0 Å². The first kappa shape index (κ1) is 19.6. The van der Waals surface area contributed by atoms with Crippen LogP contribution in [0.1, 0.15) is 24.6 Å². The van der Waals surface area contributed by atoms with Gasteiger partial charge in [-0.3, -0.25) is 9.69 Å². The number of anilines is 1. The number of thiazole rings is 1. The second-order valence-corrected chi connectivity index (χ2v) is 9.36. The summed E-state index contributed by atoms with van der Waals surface area (Å²) < 4.78 is 13.2. The molecule has 1 saturated heterocycles. The van der Waals surface area contributed by atoms with Gasteiger partial charge >= 0.3 is 0 Å². The Balaban J connectivity index is 1.64. The predicted molar refractivity (Wildman–Crippen MR) is 115 cm³/mol. The molecule has 0 spiro atoms. The van der Waals surface area contributed by atoms with Gasteiger partial charge in [0, 0.05) is 11.5 Å². The number of benzene rings is 1. The van der Waals surface area contributed by atoms with Crippen LogP contribution in [-0.2, 0) is 16.0 Å². The second kappa shape index (κ2) is 8.78. The van der Waals surface area contributed by atoms with E-state index in [-0.39, 0.29) is 12.0 Å². The number of hydrogen-bond acceptors (Lipinski definition) is 6. The molecule has 5 nitrogen and oxygen atoms in total. The molecule has 1 aromatic carbocycles. The van der Waals surface area contributed by atoms with Gasteiger partial charge in [0.15, 0.2) is 5.13 Å². The van der Waals surface area contributed by atoms with E-state index in [0.717, 1.165) is 40.3 Å². The Morgan fingerprint density at radius 3 is 2.96 bits per heavy atom. The number of fused-ring (bicyclic) bond motifs is 1. The molecule has 0 bridgehead atoms. The van der Waals surface area contributed by atoms with Crippen LogP contribution in [0.3, 0.4) is 0 Å². The van der Waals surface area contributed by atoms with Gasteiger partial charge in [-0.2, -0.15) is 0 Å². The minimum absolute atomic E-state index is 0.00559. The third-order valence-corrected chi connectivity index (χ3v) is 6.84. The molecule has 1 atom stereocenters. The van der Waals surface area contributed by atoms with Gasteiger partial charge < -0.3 is 9.47 Å². The molecule has 2 aromatic heterocycles. The van der Waals surface area contributed by atoms with Crippen molar-refractivity contribution in [3.63, 3.8) is 0 Å². The Hall–Kier alpha value is -1.67. The third kappa shape index (κ3) is 4.33. The highest BCUT2D eigenvalue weighted by Gasteiger charge is 2.27. The second-order valence-electron chi connectivity index (χ2n) is 6.55. The van der Waals surface area contributed by atoms with Gasteiger partial charge in [0.05, 0.1) is 34.7 Å². The highest BCUT2D eigenvalue weighted by Crippen LogP contribution is 2.35. The molecule has 0 saturated carbocycles. The van der Waals surface area contributed by atoms with Crippen LogP contribution in [0.25, 0.3) is 10.2 Å². The average Bonchev–Trinajstić information content (AvgIpc) is 3.41. The smallest absolute Gasteiger partial charge is 0.234 e. The number of para-hydroxylation sites is 1. The highest BCUT2D eigenvalue weighted by atomic mass is 35.5.